The number of aromatic amines is 1. The van der Waals surface area contributed by atoms with Gasteiger partial charge < -0.3 is 73.9 Å². The number of aromatic hydroxyl groups is 1. The number of imidazole rings is 1. The lowest BCUT2D eigenvalue weighted by Crippen LogP contribution is -2.61. The number of aromatic nitrogens is 2. The van der Waals surface area contributed by atoms with Crippen LogP contribution >= 0.6 is 0 Å². The number of nitrogens with zero attached hydrogens (tertiary/aromatic N) is 1. The first kappa shape index (κ1) is 47.0. The highest BCUT2D eigenvalue weighted by atomic mass is 16.4. The molecule has 0 aliphatic rings. The number of aliphatic carboxylic acids is 1. The molecule has 0 spiro atoms. The SMILES string of the molecule is CC(C)C[C@H](NC(=O)[C@H](CC(N)=O)NC(=O)[C@H](CO)NC(=O)[C@H](CO)NC(=O)[C@@H](N)Cc1ccc(O)cc1)C(=O)N[C@@H](Cc1cnc[nH]1)C(=O)N[C@@H](CO)C(=O)O. The van der Waals surface area contributed by atoms with Crippen molar-refractivity contribution in [3.8, 4) is 5.75 Å². The first-order valence-electron chi connectivity index (χ1n) is 17.6. The van der Waals surface area contributed by atoms with Crippen molar-refractivity contribution in [2.45, 2.75) is 81.8 Å². The summed E-state index contributed by atoms with van der Waals surface area (Å²) in [6, 6.07) is -5.19. The van der Waals surface area contributed by atoms with Crippen molar-refractivity contribution in [1.82, 2.24) is 41.9 Å². The van der Waals surface area contributed by atoms with E-state index in [9.17, 15) is 63.9 Å². The molecule has 57 heavy (non-hydrogen) atoms. The van der Waals surface area contributed by atoms with Crippen molar-refractivity contribution >= 4 is 47.3 Å². The van der Waals surface area contributed by atoms with Gasteiger partial charge in [0.2, 0.25) is 41.4 Å². The van der Waals surface area contributed by atoms with Gasteiger partial charge in [0.25, 0.3) is 0 Å². The summed E-state index contributed by atoms with van der Waals surface area (Å²) < 4.78 is 0. The molecule has 23 heteroatoms. The number of hydrogen-bond acceptors (Lipinski definition) is 14. The molecule has 0 saturated heterocycles. The third kappa shape index (κ3) is 15.8. The number of benzene rings is 1. The number of nitrogens with two attached hydrogens (primary N) is 2. The summed E-state index contributed by atoms with van der Waals surface area (Å²) in [4.78, 5) is 109. The predicted molar refractivity (Wildman–Crippen MR) is 196 cm³/mol. The van der Waals surface area contributed by atoms with Gasteiger partial charge in [-0.15, -0.1) is 0 Å². The van der Waals surface area contributed by atoms with Crippen LogP contribution in [0.25, 0.3) is 0 Å². The highest BCUT2D eigenvalue weighted by Gasteiger charge is 2.34. The fourth-order valence-corrected chi connectivity index (χ4v) is 5.13. The number of rotatable bonds is 24. The third-order valence-corrected chi connectivity index (χ3v) is 8.15. The van der Waals surface area contributed by atoms with E-state index in [1.54, 1.807) is 13.8 Å². The Kier molecular flexibility index (Phi) is 19.0. The summed E-state index contributed by atoms with van der Waals surface area (Å²) in [5.41, 5.74) is 12.2. The number of H-pyrrole nitrogens is 1. The second kappa shape index (κ2) is 23.0. The van der Waals surface area contributed by atoms with Crippen molar-refractivity contribution in [3.63, 3.8) is 0 Å². The van der Waals surface area contributed by atoms with E-state index in [4.69, 9.17) is 11.5 Å². The smallest absolute Gasteiger partial charge is 0.328 e. The van der Waals surface area contributed by atoms with E-state index in [-0.39, 0.29) is 30.9 Å². The number of amides is 7. The number of aliphatic hydroxyl groups is 3. The second-order valence-corrected chi connectivity index (χ2v) is 13.3. The number of carbonyl (C=O) groups is 8. The molecule has 314 valence electrons. The number of carbonyl (C=O) groups excluding carboxylic acids is 7. The lowest BCUT2D eigenvalue weighted by Gasteiger charge is -2.27. The quantitative estimate of drug-likeness (QED) is 0.0470. The number of nitrogens with one attached hydrogen (secondary N) is 7. The molecule has 1 aromatic heterocycles. The molecule has 23 nitrogen and oxygen atoms in total. The zero-order valence-corrected chi connectivity index (χ0v) is 31.1. The van der Waals surface area contributed by atoms with Crippen LogP contribution in [-0.4, -0.2) is 145 Å². The second-order valence-electron chi connectivity index (χ2n) is 13.3. The maximum atomic E-state index is 13.6. The Labute approximate surface area is 325 Å². The van der Waals surface area contributed by atoms with Crippen molar-refractivity contribution in [3.05, 3.63) is 48.0 Å². The van der Waals surface area contributed by atoms with Crippen LogP contribution in [0, 0.1) is 5.92 Å². The van der Waals surface area contributed by atoms with Gasteiger partial charge in [-0.1, -0.05) is 26.0 Å². The molecular weight excluding hydrogens is 756 g/mol. The van der Waals surface area contributed by atoms with Gasteiger partial charge in [-0.2, -0.15) is 0 Å². The van der Waals surface area contributed by atoms with Crippen LogP contribution in [0.2, 0.25) is 0 Å². The number of primary amides is 1. The molecule has 2 rings (SSSR count). The summed E-state index contributed by atoms with van der Waals surface area (Å²) >= 11 is 0. The number of phenolic OH excluding ortho intramolecular Hbond substituents is 1. The fraction of sp³-hybridized carbons (Fsp3) is 0.500. The van der Waals surface area contributed by atoms with Crippen LogP contribution in [0.3, 0.4) is 0 Å². The molecule has 16 N–H and O–H groups in total. The minimum atomic E-state index is -1.80. The number of carboxylic acid groups (broad SMARTS) is 1. The van der Waals surface area contributed by atoms with Crippen molar-refractivity contribution in [2.24, 2.45) is 17.4 Å². The summed E-state index contributed by atoms with van der Waals surface area (Å²) in [7, 11) is 0. The molecule has 7 atom stereocenters. The van der Waals surface area contributed by atoms with Crippen molar-refractivity contribution in [1.29, 1.82) is 0 Å². The third-order valence-electron chi connectivity index (χ3n) is 8.15. The maximum Gasteiger partial charge on any atom is 0.328 e. The van der Waals surface area contributed by atoms with E-state index in [1.807, 2.05) is 0 Å². The van der Waals surface area contributed by atoms with Gasteiger partial charge in [-0.25, -0.2) is 9.78 Å². The summed E-state index contributed by atoms with van der Waals surface area (Å²) in [5.74, 6) is -9.15. The first-order valence-corrected chi connectivity index (χ1v) is 17.6. The standard InChI is InChI=1S/C34H50N10O13/c1-16(2)7-21(29(51)40-22(9-18-11-37-15-38-18)30(52)44-26(14-47)34(56)57)39-31(53)23(10-27(36)49)41-32(54)25(13-46)43-33(55)24(12-45)42-28(50)20(35)8-17-3-5-19(48)6-4-17/h3-6,11,15-16,20-26,45-48H,7-10,12-14,35H2,1-2H3,(H2,36,49)(H,37,38)(H,39,53)(H,40,51)(H,41,54)(H,42,50)(H,43,55)(H,44,52)(H,56,57)/t20-,21-,22-,23-,24-,25-,26-/m0/s1. The molecule has 2 aromatic rings. The monoisotopic (exact) mass is 806 g/mol. The Bertz CT molecular complexity index is 1690. The largest absolute Gasteiger partial charge is 0.508 e. The number of hydrogen-bond donors (Lipinski definition) is 14. The average Bonchev–Trinajstić information content (AvgIpc) is 3.67. The van der Waals surface area contributed by atoms with Gasteiger partial charge in [0.15, 0.2) is 0 Å². The Morgan fingerprint density at radius 2 is 1.12 bits per heavy atom. The number of phenols is 1. The van der Waals surface area contributed by atoms with E-state index >= 15 is 0 Å². The van der Waals surface area contributed by atoms with E-state index in [2.05, 4.69) is 41.9 Å². The van der Waals surface area contributed by atoms with Crippen LogP contribution in [0.15, 0.2) is 36.8 Å². The molecule has 0 unspecified atom stereocenters. The molecule has 0 radical (unpaired) electrons. The molecule has 0 fully saturated rings. The maximum absolute atomic E-state index is 13.6. The molecule has 0 aliphatic heterocycles. The lowest BCUT2D eigenvalue weighted by atomic mass is 10.0. The van der Waals surface area contributed by atoms with Gasteiger partial charge in [-0.05, 0) is 36.5 Å². The lowest BCUT2D eigenvalue weighted by molar-refractivity contribution is -0.143. The normalized spacial score (nSPS) is 14.7. The zero-order chi connectivity index (χ0) is 42.8. The highest BCUT2D eigenvalue weighted by Crippen LogP contribution is 2.11. The zero-order valence-electron chi connectivity index (χ0n) is 31.1. The highest BCUT2D eigenvalue weighted by molar-refractivity contribution is 5.98. The van der Waals surface area contributed by atoms with Crippen molar-refractivity contribution in [2.75, 3.05) is 19.8 Å². The van der Waals surface area contributed by atoms with Crippen LogP contribution < -0.4 is 43.4 Å². The molecule has 0 bridgehead atoms. The fourth-order valence-electron chi connectivity index (χ4n) is 5.13. The van der Waals surface area contributed by atoms with Crippen LogP contribution in [0.1, 0.15) is 37.9 Å². The van der Waals surface area contributed by atoms with Gasteiger partial charge in [0.1, 0.15) is 42.0 Å². The van der Waals surface area contributed by atoms with Gasteiger partial charge in [0.05, 0.1) is 38.6 Å². The minimum Gasteiger partial charge on any atom is -0.508 e. The molecule has 1 heterocycles. The topological polar surface area (TPSA) is 391 Å². The predicted octanol–water partition coefficient (Wildman–Crippen LogP) is -5.88. The summed E-state index contributed by atoms with van der Waals surface area (Å²) in [6.07, 6.45) is 1.54. The molecule has 7 amide bonds. The van der Waals surface area contributed by atoms with Crippen LogP contribution in [0.5, 0.6) is 5.75 Å². The van der Waals surface area contributed by atoms with Crippen LogP contribution in [0.4, 0.5) is 0 Å². The molecule has 0 aliphatic carbocycles. The number of carboxylic acids is 1. The van der Waals surface area contributed by atoms with E-state index in [0.29, 0.717) is 11.3 Å². The Hall–Kier alpha value is -6.17. The molecule has 0 saturated carbocycles. The Balaban J connectivity index is 2.18. The number of aliphatic hydroxyl groups excluding tert-OH is 3. The van der Waals surface area contributed by atoms with Gasteiger partial charge in [-0.3, -0.25) is 33.6 Å². The first-order chi connectivity index (χ1) is 26.9. The van der Waals surface area contributed by atoms with Gasteiger partial charge >= 0.3 is 5.97 Å². The van der Waals surface area contributed by atoms with Crippen LogP contribution in [-0.2, 0) is 51.2 Å². The average molecular weight is 807 g/mol. The summed E-state index contributed by atoms with van der Waals surface area (Å²) in [6.45, 7) is 0.417. The molecule has 1 aromatic carbocycles. The summed E-state index contributed by atoms with van der Waals surface area (Å²) in [5, 5.41) is 61.3. The van der Waals surface area contributed by atoms with Gasteiger partial charge in [0, 0.05) is 18.3 Å². The Morgan fingerprint density at radius 3 is 1.61 bits per heavy atom. The molecular formula is C34H50N10O13. The van der Waals surface area contributed by atoms with Crippen molar-refractivity contribution < 1.29 is 63.9 Å². The van der Waals surface area contributed by atoms with E-state index < -0.39 is 116 Å². The van der Waals surface area contributed by atoms with E-state index in [0.717, 1.165) is 0 Å². The Morgan fingerprint density at radius 1 is 0.667 bits per heavy atom. The minimum absolute atomic E-state index is 0.00447. The van der Waals surface area contributed by atoms with E-state index in [1.165, 1.54) is 36.8 Å².